The van der Waals surface area contributed by atoms with E-state index >= 15 is 0 Å². The smallest absolute Gasteiger partial charge is 0.125 e. The molecule has 0 aliphatic carbocycles. The quantitative estimate of drug-likeness (QED) is 0.879. The minimum Gasteiger partial charge on any atom is -0.491 e. The summed E-state index contributed by atoms with van der Waals surface area (Å²) in [5.74, 6) is 0.786. The second-order valence-electron chi connectivity index (χ2n) is 4.83. The number of methoxy groups -OCH3 is 1. The van der Waals surface area contributed by atoms with E-state index in [9.17, 15) is 5.11 Å². The molecule has 4 nitrogen and oxygen atoms in total. The zero-order chi connectivity index (χ0) is 13.1. The summed E-state index contributed by atoms with van der Waals surface area (Å²) in [7, 11) is 3.68. The third-order valence-corrected chi connectivity index (χ3v) is 3.64. The average molecular weight is 251 g/mol. The first-order chi connectivity index (χ1) is 8.65. The lowest BCUT2D eigenvalue weighted by atomic mass is 9.97. The third-order valence-electron chi connectivity index (χ3n) is 3.64. The highest BCUT2D eigenvalue weighted by Gasteiger charge is 2.33. The molecule has 3 unspecified atom stereocenters. The molecule has 1 aromatic rings. The lowest BCUT2D eigenvalue weighted by Gasteiger charge is -2.39. The van der Waals surface area contributed by atoms with Gasteiger partial charge in [-0.25, -0.2) is 0 Å². The van der Waals surface area contributed by atoms with Crippen molar-refractivity contribution in [2.24, 2.45) is 0 Å². The van der Waals surface area contributed by atoms with Crippen LogP contribution in [0.5, 0.6) is 5.75 Å². The summed E-state index contributed by atoms with van der Waals surface area (Å²) in [6.07, 6.45) is -0.515. The van der Waals surface area contributed by atoms with Crippen LogP contribution in [0.25, 0.3) is 0 Å². The number of likely N-dealkylation sites (N-methyl/N-ethyl adjacent to an activating group) is 1. The standard InChI is InChI=1S/C14H21NO3/c1-10(8-17-3)15(2)12-9-18-13-7-5-4-6-11(13)14(12)16/h4-7,10,12,14,16H,8-9H2,1-3H3. The molecule has 1 N–H and O–H groups in total. The normalized spacial score (nSPS) is 24.5. The maximum Gasteiger partial charge on any atom is 0.125 e. The van der Waals surface area contributed by atoms with Gasteiger partial charge in [0.05, 0.1) is 12.6 Å². The minimum absolute atomic E-state index is 0.0370. The Morgan fingerprint density at radius 3 is 2.94 bits per heavy atom. The Hall–Kier alpha value is -1.10. The first-order valence-electron chi connectivity index (χ1n) is 6.25. The molecule has 4 heteroatoms. The zero-order valence-corrected chi connectivity index (χ0v) is 11.2. The van der Waals surface area contributed by atoms with E-state index in [0.29, 0.717) is 13.2 Å². The fourth-order valence-corrected chi connectivity index (χ4v) is 2.36. The van der Waals surface area contributed by atoms with E-state index in [1.165, 1.54) is 0 Å². The van der Waals surface area contributed by atoms with E-state index in [-0.39, 0.29) is 12.1 Å². The maximum atomic E-state index is 10.4. The van der Waals surface area contributed by atoms with Crippen LogP contribution in [-0.4, -0.2) is 49.5 Å². The molecule has 0 fully saturated rings. The van der Waals surface area contributed by atoms with Crippen LogP contribution in [0.15, 0.2) is 24.3 Å². The van der Waals surface area contributed by atoms with Crippen molar-refractivity contribution >= 4 is 0 Å². The number of benzene rings is 1. The molecule has 0 saturated carbocycles. The summed E-state index contributed by atoms with van der Waals surface area (Å²) >= 11 is 0. The van der Waals surface area contributed by atoms with Crippen molar-refractivity contribution in [3.63, 3.8) is 0 Å². The molecule has 1 aliphatic heterocycles. The van der Waals surface area contributed by atoms with Crippen LogP contribution in [0.1, 0.15) is 18.6 Å². The Morgan fingerprint density at radius 2 is 2.22 bits per heavy atom. The number of aliphatic hydroxyl groups is 1. The van der Waals surface area contributed by atoms with E-state index < -0.39 is 6.10 Å². The van der Waals surface area contributed by atoms with Crippen LogP contribution >= 0.6 is 0 Å². The van der Waals surface area contributed by atoms with Crippen LogP contribution in [-0.2, 0) is 4.74 Å². The van der Waals surface area contributed by atoms with Gasteiger partial charge in [0, 0.05) is 18.7 Å². The van der Waals surface area contributed by atoms with Crippen molar-refractivity contribution in [2.75, 3.05) is 27.4 Å². The number of nitrogens with zero attached hydrogens (tertiary/aromatic N) is 1. The number of hydrogen-bond acceptors (Lipinski definition) is 4. The van der Waals surface area contributed by atoms with Gasteiger partial charge in [0.15, 0.2) is 0 Å². The molecule has 0 spiro atoms. The number of fused-ring (bicyclic) bond motifs is 1. The number of rotatable bonds is 4. The van der Waals surface area contributed by atoms with Gasteiger partial charge in [-0.2, -0.15) is 0 Å². The second kappa shape index (κ2) is 5.69. The van der Waals surface area contributed by atoms with Gasteiger partial charge in [-0.15, -0.1) is 0 Å². The monoisotopic (exact) mass is 251 g/mol. The van der Waals surface area contributed by atoms with Gasteiger partial charge in [-0.1, -0.05) is 18.2 Å². The van der Waals surface area contributed by atoms with E-state index in [0.717, 1.165) is 11.3 Å². The summed E-state index contributed by atoms with van der Waals surface area (Å²) < 4.78 is 10.9. The lowest BCUT2D eigenvalue weighted by molar-refractivity contribution is -0.0146. The summed E-state index contributed by atoms with van der Waals surface area (Å²) in [4.78, 5) is 2.12. The molecule has 18 heavy (non-hydrogen) atoms. The predicted octanol–water partition coefficient (Wildman–Crippen LogP) is 1.45. The van der Waals surface area contributed by atoms with Crippen molar-refractivity contribution in [1.82, 2.24) is 4.90 Å². The van der Waals surface area contributed by atoms with E-state index in [1.807, 2.05) is 31.3 Å². The van der Waals surface area contributed by atoms with Gasteiger partial charge in [0.2, 0.25) is 0 Å². The molecule has 0 saturated heterocycles. The largest absolute Gasteiger partial charge is 0.491 e. The molecule has 100 valence electrons. The highest BCUT2D eigenvalue weighted by molar-refractivity contribution is 5.37. The topological polar surface area (TPSA) is 41.9 Å². The highest BCUT2D eigenvalue weighted by Crippen LogP contribution is 2.33. The number of hydrogen-bond donors (Lipinski definition) is 1. The van der Waals surface area contributed by atoms with Gasteiger partial charge < -0.3 is 14.6 Å². The molecule has 1 heterocycles. The Labute approximate surface area is 108 Å². The summed E-state index contributed by atoms with van der Waals surface area (Å²) in [6.45, 7) is 3.22. The van der Waals surface area contributed by atoms with Crippen molar-refractivity contribution in [2.45, 2.75) is 25.1 Å². The minimum atomic E-state index is -0.515. The SMILES string of the molecule is COCC(C)N(C)C1COc2ccccc2C1O. The van der Waals surface area contributed by atoms with Crippen LogP contribution in [0.2, 0.25) is 0 Å². The van der Waals surface area contributed by atoms with Crippen molar-refractivity contribution < 1.29 is 14.6 Å². The molecule has 2 rings (SSSR count). The summed E-state index contributed by atoms with van der Waals surface area (Å²) in [6, 6.07) is 7.86. The predicted molar refractivity (Wildman–Crippen MR) is 69.8 cm³/mol. The summed E-state index contributed by atoms with van der Waals surface area (Å²) in [5.41, 5.74) is 0.866. The Kier molecular flexibility index (Phi) is 4.22. The lowest BCUT2D eigenvalue weighted by Crippen LogP contribution is -2.48. The molecule has 0 radical (unpaired) electrons. The molecule has 0 bridgehead atoms. The molecular formula is C14H21NO3. The first-order valence-corrected chi connectivity index (χ1v) is 6.25. The fourth-order valence-electron chi connectivity index (χ4n) is 2.36. The zero-order valence-electron chi connectivity index (χ0n) is 11.2. The molecule has 1 aliphatic rings. The van der Waals surface area contributed by atoms with Crippen molar-refractivity contribution in [3.05, 3.63) is 29.8 Å². The van der Waals surface area contributed by atoms with Crippen molar-refractivity contribution in [3.8, 4) is 5.75 Å². The summed E-state index contributed by atoms with van der Waals surface area (Å²) in [5, 5.41) is 10.4. The Balaban J connectivity index is 2.13. The maximum absolute atomic E-state index is 10.4. The van der Waals surface area contributed by atoms with Gasteiger partial charge in [-0.3, -0.25) is 4.90 Å². The van der Waals surface area contributed by atoms with E-state index in [2.05, 4.69) is 11.8 Å². The van der Waals surface area contributed by atoms with Crippen molar-refractivity contribution in [1.29, 1.82) is 0 Å². The van der Waals surface area contributed by atoms with Gasteiger partial charge in [-0.05, 0) is 20.0 Å². The first kappa shape index (κ1) is 13.3. The van der Waals surface area contributed by atoms with Crippen LogP contribution in [0.3, 0.4) is 0 Å². The molecular weight excluding hydrogens is 230 g/mol. The fraction of sp³-hybridized carbons (Fsp3) is 0.571. The molecule has 3 atom stereocenters. The Bertz CT molecular complexity index is 396. The third kappa shape index (κ3) is 2.51. The second-order valence-corrected chi connectivity index (χ2v) is 4.83. The highest BCUT2D eigenvalue weighted by atomic mass is 16.5. The van der Waals surface area contributed by atoms with Crippen LogP contribution in [0.4, 0.5) is 0 Å². The van der Waals surface area contributed by atoms with Crippen LogP contribution < -0.4 is 4.74 Å². The number of para-hydroxylation sites is 1. The van der Waals surface area contributed by atoms with E-state index in [1.54, 1.807) is 7.11 Å². The van der Waals surface area contributed by atoms with Gasteiger partial charge in [0.1, 0.15) is 18.5 Å². The van der Waals surface area contributed by atoms with Gasteiger partial charge >= 0.3 is 0 Å². The number of ether oxygens (including phenoxy) is 2. The average Bonchev–Trinajstić information content (AvgIpc) is 2.39. The molecule has 1 aromatic carbocycles. The van der Waals surface area contributed by atoms with Crippen LogP contribution in [0, 0.1) is 0 Å². The van der Waals surface area contributed by atoms with E-state index in [4.69, 9.17) is 9.47 Å². The Morgan fingerprint density at radius 1 is 1.50 bits per heavy atom. The number of aliphatic hydroxyl groups excluding tert-OH is 1. The molecule has 0 amide bonds. The molecule has 0 aromatic heterocycles. The van der Waals surface area contributed by atoms with Gasteiger partial charge in [0.25, 0.3) is 0 Å².